The third kappa shape index (κ3) is 2.35. The molecule has 88 valence electrons. The van der Waals surface area contributed by atoms with Crippen LogP contribution in [0.4, 0.5) is 10.1 Å². The van der Waals surface area contributed by atoms with Crippen LogP contribution in [0.3, 0.4) is 0 Å². The van der Waals surface area contributed by atoms with E-state index in [1.165, 1.54) is 18.9 Å². The van der Waals surface area contributed by atoms with E-state index in [1.54, 1.807) is 12.1 Å². The van der Waals surface area contributed by atoms with Gasteiger partial charge in [0.2, 0.25) is 0 Å². The van der Waals surface area contributed by atoms with Crippen molar-refractivity contribution >= 4 is 5.69 Å². The summed E-state index contributed by atoms with van der Waals surface area (Å²) in [6, 6.07) is 5.54. The van der Waals surface area contributed by atoms with E-state index in [4.69, 9.17) is 5.11 Å². The number of halogens is 1. The summed E-state index contributed by atoms with van der Waals surface area (Å²) in [6.07, 6.45) is 3.36. The van der Waals surface area contributed by atoms with Crippen LogP contribution in [0, 0.1) is 5.82 Å². The van der Waals surface area contributed by atoms with Gasteiger partial charge in [-0.15, -0.1) is 0 Å². The summed E-state index contributed by atoms with van der Waals surface area (Å²) in [7, 11) is 0. The van der Waals surface area contributed by atoms with Gasteiger partial charge in [0.05, 0.1) is 12.3 Å². The Labute approximate surface area is 95.7 Å². The molecule has 0 amide bonds. The molecule has 1 aliphatic carbocycles. The molecule has 1 aliphatic rings. The zero-order valence-electron chi connectivity index (χ0n) is 9.62. The second-order valence-electron chi connectivity index (χ2n) is 4.37. The Morgan fingerprint density at radius 1 is 1.44 bits per heavy atom. The Morgan fingerprint density at radius 3 is 2.69 bits per heavy atom. The van der Waals surface area contributed by atoms with Gasteiger partial charge in [0.1, 0.15) is 5.82 Å². The van der Waals surface area contributed by atoms with Gasteiger partial charge in [0.25, 0.3) is 0 Å². The van der Waals surface area contributed by atoms with Crippen molar-refractivity contribution in [1.82, 2.24) is 0 Å². The molecule has 1 saturated carbocycles. The van der Waals surface area contributed by atoms with Gasteiger partial charge in [-0.05, 0) is 37.0 Å². The maximum absolute atomic E-state index is 13.8. The smallest absolute Gasteiger partial charge is 0.146 e. The molecule has 2 rings (SSSR count). The molecule has 0 radical (unpaired) electrons. The van der Waals surface area contributed by atoms with Gasteiger partial charge in [-0.1, -0.05) is 13.0 Å². The SMILES string of the molecule is CCCN(c1ccc(CO)cc1F)C1CC1. The maximum Gasteiger partial charge on any atom is 0.146 e. The van der Waals surface area contributed by atoms with Gasteiger partial charge in [-0.3, -0.25) is 0 Å². The lowest BCUT2D eigenvalue weighted by Crippen LogP contribution is -2.27. The summed E-state index contributed by atoms with van der Waals surface area (Å²) < 4.78 is 13.8. The van der Waals surface area contributed by atoms with Crippen LogP contribution in [0.25, 0.3) is 0 Å². The summed E-state index contributed by atoms with van der Waals surface area (Å²) in [5, 5.41) is 8.94. The Hall–Kier alpha value is -1.09. The minimum absolute atomic E-state index is 0.103. The predicted molar refractivity (Wildman–Crippen MR) is 63.0 cm³/mol. The van der Waals surface area contributed by atoms with Gasteiger partial charge in [0.15, 0.2) is 0 Å². The first kappa shape index (κ1) is 11.4. The number of hydrogen-bond donors (Lipinski definition) is 1. The molecule has 16 heavy (non-hydrogen) atoms. The first-order valence-electron chi connectivity index (χ1n) is 5.92. The lowest BCUT2D eigenvalue weighted by Gasteiger charge is -2.24. The van der Waals surface area contributed by atoms with E-state index in [1.807, 2.05) is 0 Å². The van der Waals surface area contributed by atoms with Crippen molar-refractivity contribution in [3.05, 3.63) is 29.6 Å². The normalized spacial score (nSPS) is 15.2. The third-order valence-electron chi connectivity index (χ3n) is 2.96. The molecule has 2 nitrogen and oxygen atoms in total. The predicted octanol–water partition coefficient (Wildman–Crippen LogP) is 2.70. The monoisotopic (exact) mass is 223 g/mol. The van der Waals surface area contributed by atoms with E-state index in [-0.39, 0.29) is 12.4 Å². The molecular weight excluding hydrogens is 205 g/mol. The highest BCUT2D eigenvalue weighted by molar-refractivity contribution is 5.51. The van der Waals surface area contributed by atoms with Crippen molar-refractivity contribution in [2.45, 2.75) is 38.8 Å². The Morgan fingerprint density at radius 2 is 2.19 bits per heavy atom. The van der Waals surface area contributed by atoms with Crippen LogP contribution in [-0.2, 0) is 6.61 Å². The molecule has 1 fully saturated rings. The lowest BCUT2D eigenvalue weighted by molar-refractivity contribution is 0.281. The maximum atomic E-state index is 13.8. The van der Waals surface area contributed by atoms with Crippen molar-refractivity contribution in [3.8, 4) is 0 Å². The van der Waals surface area contributed by atoms with Crippen LogP contribution in [0.15, 0.2) is 18.2 Å². The Bertz CT molecular complexity index is 363. The molecule has 0 spiro atoms. The summed E-state index contributed by atoms with van der Waals surface area (Å²) in [6.45, 7) is 2.91. The lowest BCUT2D eigenvalue weighted by atomic mass is 10.2. The molecular formula is C13H18FNO. The first-order valence-corrected chi connectivity index (χ1v) is 5.92. The van der Waals surface area contributed by atoms with Crippen LogP contribution in [0.2, 0.25) is 0 Å². The van der Waals surface area contributed by atoms with Gasteiger partial charge in [0, 0.05) is 12.6 Å². The molecule has 0 aliphatic heterocycles. The van der Waals surface area contributed by atoms with Crippen molar-refractivity contribution in [3.63, 3.8) is 0 Å². The summed E-state index contributed by atoms with van der Waals surface area (Å²) in [4.78, 5) is 2.15. The number of hydrogen-bond acceptors (Lipinski definition) is 2. The van der Waals surface area contributed by atoms with Crippen LogP contribution in [0.1, 0.15) is 31.7 Å². The number of anilines is 1. The quantitative estimate of drug-likeness (QED) is 0.829. The number of aliphatic hydroxyl groups excluding tert-OH is 1. The summed E-state index contributed by atoms with van der Waals surface area (Å²) in [5.74, 6) is -0.216. The second-order valence-corrected chi connectivity index (χ2v) is 4.37. The molecule has 0 saturated heterocycles. The molecule has 0 heterocycles. The fraction of sp³-hybridized carbons (Fsp3) is 0.538. The van der Waals surface area contributed by atoms with E-state index in [2.05, 4.69) is 11.8 Å². The summed E-state index contributed by atoms with van der Waals surface area (Å²) in [5.41, 5.74) is 1.31. The highest BCUT2D eigenvalue weighted by Gasteiger charge is 2.29. The third-order valence-corrected chi connectivity index (χ3v) is 2.96. The van der Waals surface area contributed by atoms with Crippen molar-refractivity contribution in [1.29, 1.82) is 0 Å². The number of aliphatic hydroxyl groups is 1. The van der Waals surface area contributed by atoms with E-state index < -0.39 is 0 Å². The molecule has 0 atom stereocenters. The zero-order valence-corrected chi connectivity index (χ0v) is 9.62. The largest absolute Gasteiger partial charge is 0.392 e. The second kappa shape index (κ2) is 4.83. The average molecular weight is 223 g/mol. The molecule has 1 N–H and O–H groups in total. The van der Waals surface area contributed by atoms with Crippen LogP contribution < -0.4 is 4.90 Å². The highest BCUT2D eigenvalue weighted by atomic mass is 19.1. The number of nitrogens with zero attached hydrogens (tertiary/aromatic N) is 1. The van der Waals surface area contributed by atoms with Crippen molar-refractivity contribution in [2.24, 2.45) is 0 Å². The number of rotatable bonds is 5. The minimum Gasteiger partial charge on any atom is -0.392 e. The molecule has 0 bridgehead atoms. The molecule has 0 aromatic heterocycles. The van der Waals surface area contributed by atoms with Crippen LogP contribution >= 0.6 is 0 Å². The Balaban J connectivity index is 2.22. The molecule has 0 unspecified atom stereocenters. The van der Waals surface area contributed by atoms with Crippen LogP contribution in [0.5, 0.6) is 0 Å². The molecule has 1 aromatic rings. The topological polar surface area (TPSA) is 23.5 Å². The fourth-order valence-electron chi connectivity index (χ4n) is 2.01. The van der Waals surface area contributed by atoms with Gasteiger partial charge >= 0.3 is 0 Å². The van der Waals surface area contributed by atoms with E-state index in [9.17, 15) is 4.39 Å². The van der Waals surface area contributed by atoms with Gasteiger partial charge < -0.3 is 10.0 Å². The van der Waals surface area contributed by atoms with Crippen molar-refractivity contribution < 1.29 is 9.50 Å². The van der Waals surface area contributed by atoms with E-state index in [0.29, 0.717) is 17.3 Å². The Kier molecular flexibility index (Phi) is 3.44. The molecule has 3 heteroatoms. The van der Waals surface area contributed by atoms with Crippen molar-refractivity contribution in [2.75, 3.05) is 11.4 Å². The van der Waals surface area contributed by atoms with E-state index >= 15 is 0 Å². The summed E-state index contributed by atoms with van der Waals surface area (Å²) >= 11 is 0. The van der Waals surface area contributed by atoms with Gasteiger partial charge in [-0.2, -0.15) is 0 Å². The van der Waals surface area contributed by atoms with E-state index in [0.717, 1.165) is 13.0 Å². The standard InChI is InChI=1S/C13H18FNO/c1-2-7-15(11-4-5-11)13-6-3-10(9-16)8-12(13)14/h3,6,8,11,16H,2,4-5,7,9H2,1H3. The van der Waals surface area contributed by atoms with Gasteiger partial charge in [-0.25, -0.2) is 4.39 Å². The van der Waals surface area contributed by atoms with Crippen LogP contribution in [-0.4, -0.2) is 17.7 Å². The molecule has 1 aromatic carbocycles. The first-order chi connectivity index (χ1) is 7.76. The number of benzene rings is 1. The average Bonchev–Trinajstić information content (AvgIpc) is 3.10. The minimum atomic E-state index is -0.216. The highest BCUT2D eigenvalue weighted by Crippen LogP contribution is 2.33. The zero-order chi connectivity index (χ0) is 11.5. The fourth-order valence-corrected chi connectivity index (χ4v) is 2.01.